The molecule has 1 aliphatic heterocycles. The minimum atomic E-state index is -0.338. The lowest BCUT2D eigenvalue weighted by molar-refractivity contribution is 0.0999. The van der Waals surface area contributed by atoms with E-state index in [1.165, 1.54) is 22.3 Å². The van der Waals surface area contributed by atoms with Crippen molar-refractivity contribution in [3.63, 3.8) is 0 Å². The minimum Gasteiger partial charge on any atom is -0.496 e. The Hall–Kier alpha value is -3.02. The molecule has 5 nitrogen and oxygen atoms in total. The Morgan fingerprint density at radius 3 is 2.40 bits per heavy atom. The Morgan fingerprint density at radius 1 is 1.03 bits per heavy atom. The first-order chi connectivity index (χ1) is 16.7. The number of nitrogens with zero attached hydrogens (tertiary/aromatic N) is 1. The average molecular weight is 492 g/mol. The predicted octanol–water partition coefficient (Wildman–Crippen LogP) is 5.21. The van der Waals surface area contributed by atoms with Crippen LogP contribution in [0.5, 0.6) is 5.75 Å². The number of methoxy groups -OCH3 is 1. The van der Waals surface area contributed by atoms with E-state index in [0.29, 0.717) is 5.56 Å². The molecule has 0 unspecified atom stereocenters. The van der Waals surface area contributed by atoms with Crippen LogP contribution >= 0.6 is 12.4 Å². The van der Waals surface area contributed by atoms with Gasteiger partial charge in [0.05, 0.1) is 18.4 Å². The van der Waals surface area contributed by atoms with Crippen LogP contribution in [0, 0.1) is 0 Å². The SMILES string of the molecule is CCCCc1c2c(c(-c3ccccc3OC)c(N3CCNCC3)c1C(N)=O)-c1ccccc1C2.Cl. The number of anilines is 1. The highest BCUT2D eigenvalue weighted by Crippen LogP contribution is 2.52. The molecule has 3 N–H and O–H groups in total. The zero-order chi connectivity index (χ0) is 23.7. The lowest BCUT2D eigenvalue weighted by atomic mass is 9.83. The van der Waals surface area contributed by atoms with E-state index in [1.807, 2.05) is 18.2 Å². The van der Waals surface area contributed by atoms with Gasteiger partial charge in [0.2, 0.25) is 0 Å². The van der Waals surface area contributed by atoms with Crippen molar-refractivity contribution in [2.24, 2.45) is 5.73 Å². The van der Waals surface area contributed by atoms with Gasteiger partial charge in [-0.05, 0) is 53.1 Å². The number of ether oxygens (including phenoxy) is 1. The number of hydrogen-bond acceptors (Lipinski definition) is 4. The molecular formula is C29H34ClN3O2. The fraction of sp³-hybridized carbons (Fsp3) is 0.345. The fourth-order valence-electron chi connectivity index (χ4n) is 5.65. The molecule has 0 aromatic heterocycles. The molecule has 0 saturated carbocycles. The molecule has 3 aromatic carbocycles. The zero-order valence-electron chi connectivity index (χ0n) is 20.5. The Labute approximate surface area is 214 Å². The summed E-state index contributed by atoms with van der Waals surface area (Å²) in [5.74, 6) is 0.469. The standard InChI is InChI=1S/C29H33N3O2.ClH/c1-3-4-10-21-23-18-19-9-5-6-11-20(19)25(23)26(22-12-7-8-13-24(22)34-2)28(27(21)29(30)33)32-16-14-31-15-17-32;/h5-9,11-13,31H,3-4,10,14-18H2,1-2H3,(H2,30,33);1H. The molecule has 2 aliphatic rings. The minimum absolute atomic E-state index is 0. The maximum absolute atomic E-state index is 13.2. The molecule has 1 aliphatic carbocycles. The predicted molar refractivity (Wildman–Crippen MR) is 146 cm³/mol. The number of halogens is 1. The Bertz CT molecular complexity index is 1230. The van der Waals surface area contributed by atoms with Gasteiger partial charge in [-0.3, -0.25) is 4.79 Å². The smallest absolute Gasteiger partial charge is 0.251 e. The maximum Gasteiger partial charge on any atom is 0.251 e. The first kappa shape index (κ1) is 25.1. The summed E-state index contributed by atoms with van der Waals surface area (Å²) >= 11 is 0. The summed E-state index contributed by atoms with van der Waals surface area (Å²) in [6.45, 7) is 5.61. The first-order valence-corrected chi connectivity index (χ1v) is 12.3. The number of carbonyl (C=O) groups excluding carboxylic acids is 1. The molecule has 5 rings (SSSR count). The van der Waals surface area contributed by atoms with Gasteiger partial charge < -0.3 is 20.7 Å². The molecule has 184 valence electrons. The largest absolute Gasteiger partial charge is 0.496 e. The summed E-state index contributed by atoms with van der Waals surface area (Å²) in [6.07, 6.45) is 3.78. The number of nitrogens with two attached hydrogens (primary N) is 1. The van der Waals surface area contributed by atoms with Crippen LogP contribution in [0.1, 0.15) is 46.8 Å². The van der Waals surface area contributed by atoms with E-state index >= 15 is 0 Å². The monoisotopic (exact) mass is 491 g/mol. The van der Waals surface area contributed by atoms with Crippen LogP contribution in [0.25, 0.3) is 22.3 Å². The van der Waals surface area contributed by atoms with Gasteiger partial charge in [0.25, 0.3) is 5.91 Å². The zero-order valence-corrected chi connectivity index (χ0v) is 21.3. The number of carbonyl (C=O) groups is 1. The summed E-state index contributed by atoms with van der Waals surface area (Å²) < 4.78 is 5.84. The molecule has 0 radical (unpaired) electrons. The summed E-state index contributed by atoms with van der Waals surface area (Å²) in [5, 5.41) is 3.45. The van der Waals surface area contributed by atoms with Gasteiger partial charge in [0.1, 0.15) is 5.75 Å². The molecular weight excluding hydrogens is 458 g/mol. The van der Waals surface area contributed by atoms with E-state index in [0.717, 1.165) is 80.0 Å². The maximum atomic E-state index is 13.2. The number of fused-ring (bicyclic) bond motifs is 3. The number of rotatable bonds is 7. The Morgan fingerprint density at radius 2 is 1.71 bits per heavy atom. The fourth-order valence-corrected chi connectivity index (χ4v) is 5.65. The topological polar surface area (TPSA) is 67.6 Å². The van der Waals surface area contributed by atoms with E-state index in [2.05, 4.69) is 47.5 Å². The second kappa shape index (κ2) is 10.7. The van der Waals surface area contributed by atoms with Gasteiger partial charge in [-0.1, -0.05) is 55.8 Å². The van der Waals surface area contributed by atoms with Crippen LogP contribution in [0.3, 0.4) is 0 Å². The highest BCUT2D eigenvalue weighted by Gasteiger charge is 2.34. The molecule has 1 fully saturated rings. The quantitative estimate of drug-likeness (QED) is 0.372. The molecule has 0 spiro atoms. The van der Waals surface area contributed by atoms with Crippen molar-refractivity contribution in [2.45, 2.75) is 32.6 Å². The first-order valence-electron chi connectivity index (χ1n) is 12.3. The van der Waals surface area contributed by atoms with Crippen molar-refractivity contribution >= 4 is 24.0 Å². The Kier molecular flexibility index (Phi) is 7.68. The third-order valence-corrected chi connectivity index (χ3v) is 7.18. The molecule has 35 heavy (non-hydrogen) atoms. The van der Waals surface area contributed by atoms with E-state index in [1.54, 1.807) is 7.11 Å². The van der Waals surface area contributed by atoms with Gasteiger partial charge in [0.15, 0.2) is 0 Å². The van der Waals surface area contributed by atoms with Gasteiger partial charge in [-0.2, -0.15) is 0 Å². The molecule has 1 heterocycles. The molecule has 3 aromatic rings. The van der Waals surface area contributed by atoms with E-state index < -0.39 is 0 Å². The highest BCUT2D eigenvalue weighted by molar-refractivity contribution is 6.10. The number of unbranched alkanes of at least 4 members (excludes halogenated alkanes) is 1. The third-order valence-electron chi connectivity index (χ3n) is 7.18. The number of benzene rings is 3. The van der Waals surface area contributed by atoms with Gasteiger partial charge in [-0.25, -0.2) is 0 Å². The van der Waals surface area contributed by atoms with Crippen molar-refractivity contribution < 1.29 is 9.53 Å². The summed E-state index contributed by atoms with van der Waals surface area (Å²) in [7, 11) is 1.71. The second-order valence-electron chi connectivity index (χ2n) is 9.17. The van der Waals surface area contributed by atoms with Crippen LogP contribution in [0.4, 0.5) is 5.69 Å². The van der Waals surface area contributed by atoms with Gasteiger partial charge >= 0.3 is 0 Å². The highest BCUT2D eigenvalue weighted by atomic mass is 35.5. The van der Waals surface area contributed by atoms with Crippen LogP contribution in [0.15, 0.2) is 48.5 Å². The lowest BCUT2D eigenvalue weighted by Gasteiger charge is -2.35. The normalized spacial score (nSPS) is 14.2. The van der Waals surface area contributed by atoms with E-state index in [9.17, 15) is 4.79 Å². The van der Waals surface area contributed by atoms with E-state index in [-0.39, 0.29) is 18.3 Å². The Balaban J connectivity index is 0.00000289. The molecule has 1 saturated heterocycles. The second-order valence-corrected chi connectivity index (χ2v) is 9.17. The molecule has 1 amide bonds. The van der Waals surface area contributed by atoms with Crippen molar-refractivity contribution in [3.05, 3.63) is 70.8 Å². The van der Waals surface area contributed by atoms with Crippen molar-refractivity contribution in [2.75, 3.05) is 38.2 Å². The molecule has 0 bridgehead atoms. The van der Waals surface area contributed by atoms with Crippen molar-refractivity contribution in [3.8, 4) is 28.0 Å². The molecule has 6 heteroatoms. The number of amides is 1. The summed E-state index contributed by atoms with van der Waals surface area (Å²) in [5.41, 5.74) is 16.1. The van der Waals surface area contributed by atoms with Gasteiger partial charge in [0, 0.05) is 37.3 Å². The summed E-state index contributed by atoms with van der Waals surface area (Å²) in [4.78, 5) is 15.6. The van der Waals surface area contributed by atoms with Crippen LogP contribution in [-0.2, 0) is 12.8 Å². The number of primary amides is 1. The number of piperazine rings is 1. The number of para-hydroxylation sites is 1. The number of nitrogens with one attached hydrogen (secondary N) is 1. The van der Waals surface area contributed by atoms with Crippen LogP contribution in [0.2, 0.25) is 0 Å². The van der Waals surface area contributed by atoms with Crippen molar-refractivity contribution in [1.82, 2.24) is 5.32 Å². The van der Waals surface area contributed by atoms with Crippen LogP contribution in [-0.4, -0.2) is 39.2 Å². The number of hydrogen-bond donors (Lipinski definition) is 2. The van der Waals surface area contributed by atoms with E-state index in [4.69, 9.17) is 10.5 Å². The average Bonchev–Trinajstić information content (AvgIpc) is 3.26. The summed E-state index contributed by atoms with van der Waals surface area (Å²) in [6, 6.07) is 16.8. The van der Waals surface area contributed by atoms with Gasteiger partial charge in [-0.15, -0.1) is 12.4 Å². The van der Waals surface area contributed by atoms with Crippen molar-refractivity contribution in [1.29, 1.82) is 0 Å². The van der Waals surface area contributed by atoms with Crippen LogP contribution < -0.4 is 20.7 Å². The third kappa shape index (κ3) is 4.39. The molecule has 0 atom stereocenters. The lowest BCUT2D eigenvalue weighted by Crippen LogP contribution is -2.44.